The Morgan fingerprint density at radius 2 is 1.59 bits per heavy atom. The van der Waals surface area contributed by atoms with E-state index < -0.39 is 26.6 Å². The van der Waals surface area contributed by atoms with Gasteiger partial charge in [-0.2, -0.15) is 4.31 Å². The number of halogens is 2. The van der Waals surface area contributed by atoms with Crippen molar-refractivity contribution in [1.29, 1.82) is 0 Å². The summed E-state index contributed by atoms with van der Waals surface area (Å²) in [6.45, 7) is 2.19. The molecular formula is C20H22F2N2O3S2. The lowest BCUT2D eigenvalue weighted by atomic mass is 10.2. The standard InChI is InChI=1S/C20H22F2N2O3S2/c1-15(28-14-16-6-3-2-4-7-16)20(25)23-10-12-24(13-11-23)29(26,27)19-17(21)8-5-9-18(19)22/h2-9,15H,10-14H2,1H3. The molecule has 0 bridgehead atoms. The summed E-state index contributed by atoms with van der Waals surface area (Å²) in [6.07, 6.45) is 0. The van der Waals surface area contributed by atoms with Gasteiger partial charge in [-0.25, -0.2) is 17.2 Å². The zero-order valence-electron chi connectivity index (χ0n) is 15.9. The van der Waals surface area contributed by atoms with Crippen molar-refractivity contribution in [3.63, 3.8) is 0 Å². The first-order chi connectivity index (χ1) is 13.8. The molecule has 29 heavy (non-hydrogen) atoms. The predicted octanol–water partition coefficient (Wildman–Crippen LogP) is 3.12. The number of hydrogen-bond acceptors (Lipinski definition) is 4. The average molecular weight is 441 g/mol. The zero-order valence-corrected chi connectivity index (χ0v) is 17.6. The van der Waals surface area contributed by atoms with Crippen molar-refractivity contribution in [3.8, 4) is 0 Å². The van der Waals surface area contributed by atoms with Crippen LogP contribution in [-0.4, -0.2) is 55.0 Å². The lowest BCUT2D eigenvalue weighted by Crippen LogP contribution is -2.52. The van der Waals surface area contributed by atoms with Gasteiger partial charge >= 0.3 is 0 Å². The minimum atomic E-state index is -4.30. The van der Waals surface area contributed by atoms with Crippen molar-refractivity contribution in [2.45, 2.75) is 22.8 Å². The summed E-state index contributed by atoms with van der Waals surface area (Å²) in [4.78, 5) is 13.3. The van der Waals surface area contributed by atoms with Crippen molar-refractivity contribution in [1.82, 2.24) is 9.21 Å². The third kappa shape index (κ3) is 4.96. The first kappa shape index (κ1) is 21.7. The van der Waals surface area contributed by atoms with Crippen LogP contribution in [0.2, 0.25) is 0 Å². The predicted molar refractivity (Wildman–Crippen MR) is 109 cm³/mol. The molecule has 2 aromatic rings. The van der Waals surface area contributed by atoms with E-state index in [-0.39, 0.29) is 37.3 Å². The molecule has 3 rings (SSSR count). The normalized spacial score (nSPS) is 16.6. The molecular weight excluding hydrogens is 418 g/mol. The molecule has 156 valence electrons. The summed E-state index contributed by atoms with van der Waals surface area (Å²) >= 11 is 1.52. The zero-order chi connectivity index (χ0) is 21.0. The number of carbonyl (C=O) groups is 1. The number of piperazine rings is 1. The first-order valence-electron chi connectivity index (χ1n) is 9.19. The minimum Gasteiger partial charge on any atom is -0.339 e. The van der Waals surface area contributed by atoms with Crippen LogP contribution in [0.5, 0.6) is 0 Å². The molecule has 1 saturated heterocycles. The van der Waals surface area contributed by atoms with E-state index in [1.54, 1.807) is 4.90 Å². The highest BCUT2D eigenvalue weighted by Crippen LogP contribution is 2.25. The van der Waals surface area contributed by atoms with Gasteiger partial charge in [0.15, 0.2) is 4.90 Å². The Morgan fingerprint density at radius 1 is 1.00 bits per heavy atom. The SMILES string of the molecule is CC(SCc1ccccc1)C(=O)N1CCN(S(=O)(=O)c2c(F)cccc2F)CC1. The van der Waals surface area contributed by atoms with Gasteiger partial charge in [-0.05, 0) is 24.6 Å². The van der Waals surface area contributed by atoms with Gasteiger partial charge in [0, 0.05) is 31.9 Å². The molecule has 1 fully saturated rings. The van der Waals surface area contributed by atoms with Crippen LogP contribution in [-0.2, 0) is 20.6 Å². The molecule has 0 spiro atoms. The molecule has 5 nitrogen and oxygen atoms in total. The highest BCUT2D eigenvalue weighted by Gasteiger charge is 2.34. The van der Waals surface area contributed by atoms with Crippen LogP contribution in [0.25, 0.3) is 0 Å². The molecule has 0 radical (unpaired) electrons. The summed E-state index contributed by atoms with van der Waals surface area (Å²) < 4.78 is 54.1. The number of carbonyl (C=O) groups excluding carboxylic acids is 1. The Morgan fingerprint density at radius 3 is 2.17 bits per heavy atom. The molecule has 9 heteroatoms. The Hall–Kier alpha value is -1.97. The van der Waals surface area contributed by atoms with Crippen LogP contribution in [0, 0.1) is 11.6 Å². The molecule has 1 aliphatic heterocycles. The third-order valence-corrected chi connectivity index (χ3v) is 7.91. The fraction of sp³-hybridized carbons (Fsp3) is 0.350. The van der Waals surface area contributed by atoms with Gasteiger partial charge in [-0.1, -0.05) is 36.4 Å². The fourth-order valence-electron chi connectivity index (χ4n) is 3.13. The van der Waals surface area contributed by atoms with E-state index in [2.05, 4.69) is 0 Å². The van der Waals surface area contributed by atoms with E-state index in [9.17, 15) is 22.0 Å². The Kier molecular flexibility index (Phi) is 6.92. The van der Waals surface area contributed by atoms with E-state index in [0.717, 1.165) is 28.1 Å². The summed E-state index contributed by atoms with van der Waals surface area (Å²) in [6, 6.07) is 12.8. The second-order valence-corrected chi connectivity index (χ2v) is 9.92. The van der Waals surface area contributed by atoms with Crippen LogP contribution < -0.4 is 0 Å². The lowest BCUT2D eigenvalue weighted by molar-refractivity contribution is -0.131. The molecule has 0 aliphatic carbocycles. The number of amides is 1. The quantitative estimate of drug-likeness (QED) is 0.693. The Balaban J connectivity index is 1.59. The Bertz CT molecular complexity index is 943. The molecule has 0 aromatic heterocycles. The van der Waals surface area contributed by atoms with Crippen molar-refractivity contribution in [3.05, 3.63) is 65.7 Å². The van der Waals surface area contributed by atoms with E-state index in [4.69, 9.17) is 0 Å². The minimum absolute atomic E-state index is 0.00206. The van der Waals surface area contributed by atoms with Gasteiger partial charge in [0.25, 0.3) is 0 Å². The number of rotatable bonds is 6. The van der Waals surface area contributed by atoms with Gasteiger partial charge in [0.1, 0.15) is 11.6 Å². The number of thioether (sulfide) groups is 1. The van der Waals surface area contributed by atoms with E-state index in [1.165, 1.54) is 11.8 Å². The molecule has 0 saturated carbocycles. The third-order valence-electron chi connectivity index (χ3n) is 4.76. The van der Waals surface area contributed by atoms with E-state index in [1.807, 2.05) is 37.3 Å². The summed E-state index contributed by atoms with van der Waals surface area (Å²) in [7, 11) is -4.30. The van der Waals surface area contributed by atoms with Gasteiger partial charge in [-0.15, -0.1) is 11.8 Å². The smallest absolute Gasteiger partial charge is 0.249 e. The highest BCUT2D eigenvalue weighted by molar-refractivity contribution is 7.99. The average Bonchev–Trinajstić information content (AvgIpc) is 2.72. The number of benzene rings is 2. The lowest BCUT2D eigenvalue weighted by Gasteiger charge is -2.35. The van der Waals surface area contributed by atoms with Crippen LogP contribution in [0.3, 0.4) is 0 Å². The summed E-state index contributed by atoms with van der Waals surface area (Å²) in [5.74, 6) is -1.60. The van der Waals surface area contributed by atoms with Crippen molar-refractivity contribution < 1.29 is 22.0 Å². The van der Waals surface area contributed by atoms with Crippen molar-refractivity contribution in [2.75, 3.05) is 26.2 Å². The van der Waals surface area contributed by atoms with Gasteiger partial charge in [0.2, 0.25) is 15.9 Å². The van der Waals surface area contributed by atoms with Gasteiger partial charge in [-0.3, -0.25) is 4.79 Å². The first-order valence-corrected chi connectivity index (χ1v) is 11.7. The molecule has 0 N–H and O–H groups in total. The largest absolute Gasteiger partial charge is 0.339 e. The van der Waals surface area contributed by atoms with Crippen LogP contribution >= 0.6 is 11.8 Å². The molecule has 1 unspecified atom stereocenters. The van der Waals surface area contributed by atoms with Crippen LogP contribution in [0.15, 0.2) is 53.4 Å². The molecule has 1 heterocycles. The van der Waals surface area contributed by atoms with E-state index >= 15 is 0 Å². The summed E-state index contributed by atoms with van der Waals surface area (Å²) in [5.41, 5.74) is 1.12. The van der Waals surface area contributed by atoms with Gasteiger partial charge in [0.05, 0.1) is 5.25 Å². The monoisotopic (exact) mass is 440 g/mol. The molecule has 2 aromatic carbocycles. The molecule has 1 amide bonds. The highest BCUT2D eigenvalue weighted by atomic mass is 32.2. The summed E-state index contributed by atoms with van der Waals surface area (Å²) in [5, 5.41) is -0.276. The van der Waals surface area contributed by atoms with Crippen LogP contribution in [0.1, 0.15) is 12.5 Å². The molecule has 1 atom stereocenters. The molecule has 1 aliphatic rings. The fourth-order valence-corrected chi connectivity index (χ4v) is 5.59. The maximum absolute atomic E-state index is 13.9. The number of sulfonamides is 1. The van der Waals surface area contributed by atoms with Crippen LogP contribution in [0.4, 0.5) is 8.78 Å². The van der Waals surface area contributed by atoms with Crippen molar-refractivity contribution in [2.24, 2.45) is 0 Å². The maximum Gasteiger partial charge on any atom is 0.249 e. The Labute approximate surface area is 173 Å². The number of hydrogen-bond donors (Lipinski definition) is 0. The van der Waals surface area contributed by atoms with Crippen molar-refractivity contribution >= 4 is 27.7 Å². The van der Waals surface area contributed by atoms with E-state index in [0.29, 0.717) is 5.75 Å². The van der Waals surface area contributed by atoms with Gasteiger partial charge < -0.3 is 4.90 Å². The second-order valence-electron chi connectivity index (χ2n) is 6.72. The number of nitrogens with zero attached hydrogens (tertiary/aromatic N) is 2. The maximum atomic E-state index is 13.9. The topological polar surface area (TPSA) is 57.7 Å². The second kappa shape index (κ2) is 9.23.